The van der Waals surface area contributed by atoms with Crippen LogP contribution in [0.15, 0.2) is 0 Å². The van der Waals surface area contributed by atoms with Gasteiger partial charge in [0.2, 0.25) is 10.0 Å². The molecule has 0 aromatic heterocycles. The zero-order chi connectivity index (χ0) is 11.7. The van der Waals surface area contributed by atoms with Crippen molar-refractivity contribution in [1.82, 2.24) is 4.31 Å². The molecule has 0 saturated heterocycles. The van der Waals surface area contributed by atoms with Gasteiger partial charge < -0.3 is 5.73 Å². The van der Waals surface area contributed by atoms with Crippen LogP contribution in [-0.4, -0.2) is 38.1 Å². The van der Waals surface area contributed by atoms with E-state index in [1.807, 2.05) is 13.8 Å². The molecule has 0 fully saturated rings. The maximum absolute atomic E-state index is 11.9. The minimum Gasteiger partial charge on any atom is -0.330 e. The molecule has 15 heavy (non-hydrogen) atoms. The van der Waals surface area contributed by atoms with Gasteiger partial charge in [-0.05, 0) is 32.2 Å². The molecule has 0 amide bonds. The first kappa shape index (κ1) is 14.9. The van der Waals surface area contributed by atoms with Crippen molar-refractivity contribution in [2.45, 2.75) is 39.5 Å². The van der Waals surface area contributed by atoms with Gasteiger partial charge >= 0.3 is 0 Å². The molecule has 2 N–H and O–H groups in total. The van der Waals surface area contributed by atoms with Crippen molar-refractivity contribution in [3.63, 3.8) is 0 Å². The number of nitrogens with two attached hydrogens (primary N) is 1. The van der Waals surface area contributed by atoms with Crippen LogP contribution in [0.2, 0.25) is 0 Å². The summed E-state index contributed by atoms with van der Waals surface area (Å²) in [6.07, 6.45) is 3.19. The molecule has 0 rings (SSSR count). The van der Waals surface area contributed by atoms with Gasteiger partial charge in [0.15, 0.2) is 0 Å². The summed E-state index contributed by atoms with van der Waals surface area (Å²) in [6.45, 7) is 5.84. The van der Waals surface area contributed by atoms with Gasteiger partial charge in [-0.2, -0.15) is 0 Å². The van der Waals surface area contributed by atoms with Gasteiger partial charge in [0.1, 0.15) is 0 Å². The van der Waals surface area contributed by atoms with E-state index in [2.05, 4.69) is 0 Å². The van der Waals surface area contributed by atoms with Crippen molar-refractivity contribution in [3.05, 3.63) is 0 Å². The molecule has 0 aromatic rings. The van der Waals surface area contributed by atoms with Gasteiger partial charge in [-0.15, -0.1) is 0 Å². The number of sulfonamides is 1. The first-order valence-electron chi connectivity index (χ1n) is 5.76. The summed E-state index contributed by atoms with van der Waals surface area (Å²) in [4.78, 5) is 0. The van der Waals surface area contributed by atoms with Crippen LogP contribution in [0.3, 0.4) is 0 Å². The average molecular weight is 236 g/mol. The molecule has 0 bridgehead atoms. The Balaban J connectivity index is 4.22. The maximum Gasteiger partial charge on any atom is 0.214 e. The Bertz CT molecular complexity index is 234. The van der Waals surface area contributed by atoms with Crippen LogP contribution in [0.1, 0.15) is 39.5 Å². The van der Waals surface area contributed by atoms with Crippen molar-refractivity contribution >= 4 is 10.0 Å². The number of hydrogen-bond acceptors (Lipinski definition) is 3. The predicted molar refractivity (Wildman–Crippen MR) is 64.2 cm³/mol. The van der Waals surface area contributed by atoms with Crippen molar-refractivity contribution in [3.8, 4) is 0 Å². The Kier molecular flexibility index (Phi) is 8.00. The third-order valence-corrected chi connectivity index (χ3v) is 4.15. The Labute approximate surface area is 93.9 Å². The first-order chi connectivity index (χ1) is 7.08. The topological polar surface area (TPSA) is 63.4 Å². The lowest BCUT2D eigenvalue weighted by atomic mass is 10.3. The highest BCUT2D eigenvalue weighted by Crippen LogP contribution is 2.06. The Morgan fingerprint density at radius 1 is 1.07 bits per heavy atom. The number of unbranched alkanes of at least 4 members (excludes halogenated alkanes) is 1. The molecule has 0 aliphatic carbocycles. The third-order valence-electron chi connectivity index (χ3n) is 2.20. The van der Waals surface area contributed by atoms with Crippen LogP contribution in [0, 0.1) is 0 Å². The van der Waals surface area contributed by atoms with E-state index >= 15 is 0 Å². The molecule has 5 heteroatoms. The second-order valence-corrected chi connectivity index (χ2v) is 5.80. The van der Waals surface area contributed by atoms with E-state index < -0.39 is 10.0 Å². The predicted octanol–water partition coefficient (Wildman–Crippen LogP) is 1.18. The minimum atomic E-state index is -3.04. The van der Waals surface area contributed by atoms with E-state index in [-0.39, 0.29) is 5.75 Å². The third kappa shape index (κ3) is 6.12. The standard InChI is InChI=1S/C10H24N2O2S/c1-3-8-12(9-4-2)15(13,14)10-6-5-7-11/h3-11H2,1-2H3. The van der Waals surface area contributed by atoms with Crippen LogP contribution in [-0.2, 0) is 10.0 Å². The van der Waals surface area contributed by atoms with Crippen molar-refractivity contribution in [2.24, 2.45) is 5.73 Å². The SMILES string of the molecule is CCCN(CCC)S(=O)(=O)CCCCN. The molecule has 0 aliphatic rings. The summed E-state index contributed by atoms with van der Waals surface area (Å²) < 4.78 is 25.3. The van der Waals surface area contributed by atoms with Crippen LogP contribution >= 0.6 is 0 Å². The van der Waals surface area contributed by atoms with Crippen LogP contribution in [0.25, 0.3) is 0 Å². The average Bonchev–Trinajstić information content (AvgIpc) is 2.18. The maximum atomic E-state index is 11.9. The number of nitrogens with zero attached hydrogens (tertiary/aromatic N) is 1. The summed E-state index contributed by atoms with van der Waals surface area (Å²) >= 11 is 0. The van der Waals surface area contributed by atoms with Gasteiger partial charge in [0.25, 0.3) is 0 Å². The van der Waals surface area contributed by atoms with Gasteiger partial charge in [-0.1, -0.05) is 13.8 Å². The highest BCUT2D eigenvalue weighted by Gasteiger charge is 2.19. The molecule has 0 aliphatic heterocycles. The summed E-state index contributed by atoms with van der Waals surface area (Å²) in [5, 5.41) is 0. The van der Waals surface area contributed by atoms with Crippen LogP contribution < -0.4 is 5.73 Å². The zero-order valence-corrected chi connectivity index (χ0v) is 10.7. The Morgan fingerprint density at radius 2 is 1.60 bits per heavy atom. The highest BCUT2D eigenvalue weighted by molar-refractivity contribution is 7.89. The van der Waals surface area contributed by atoms with E-state index in [1.54, 1.807) is 4.31 Å². The smallest absolute Gasteiger partial charge is 0.214 e. The van der Waals surface area contributed by atoms with Gasteiger partial charge in [0, 0.05) is 13.1 Å². The van der Waals surface area contributed by atoms with Crippen molar-refractivity contribution in [2.75, 3.05) is 25.4 Å². The second-order valence-electron chi connectivity index (χ2n) is 3.71. The lowest BCUT2D eigenvalue weighted by molar-refractivity contribution is 0.409. The van der Waals surface area contributed by atoms with Crippen molar-refractivity contribution < 1.29 is 8.42 Å². The normalized spacial score (nSPS) is 12.3. The van der Waals surface area contributed by atoms with E-state index in [4.69, 9.17) is 5.73 Å². The fourth-order valence-electron chi connectivity index (χ4n) is 1.45. The highest BCUT2D eigenvalue weighted by atomic mass is 32.2. The fourth-order valence-corrected chi connectivity index (χ4v) is 3.20. The minimum absolute atomic E-state index is 0.240. The molecular formula is C10H24N2O2S. The van der Waals surface area contributed by atoms with Gasteiger partial charge in [-0.25, -0.2) is 12.7 Å². The van der Waals surface area contributed by atoms with E-state index in [0.29, 0.717) is 26.1 Å². The molecule has 0 saturated carbocycles. The molecule has 0 unspecified atom stereocenters. The number of hydrogen-bond donors (Lipinski definition) is 1. The van der Waals surface area contributed by atoms with Gasteiger partial charge in [0.05, 0.1) is 5.75 Å². The summed E-state index contributed by atoms with van der Waals surface area (Å²) in [7, 11) is -3.04. The van der Waals surface area contributed by atoms with Crippen molar-refractivity contribution in [1.29, 1.82) is 0 Å². The van der Waals surface area contributed by atoms with E-state index in [1.165, 1.54) is 0 Å². The van der Waals surface area contributed by atoms with Gasteiger partial charge in [-0.3, -0.25) is 0 Å². The molecule has 0 radical (unpaired) electrons. The molecule has 0 atom stereocenters. The lowest BCUT2D eigenvalue weighted by Gasteiger charge is -2.20. The number of rotatable bonds is 9. The lowest BCUT2D eigenvalue weighted by Crippen LogP contribution is -2.34. The summed E-state index contributed by atoms with van der Waals surface area (Å²) in [5.74, 6) is 0.240. The molecule has 0 heterocycles. The zero-order valence-electron chi connectivity index (χ0n) is 9.91. The Hall–Kier alpha value is -0.130. The largest absolute Gasteiger partial charge is 0.330 e. The van der Waals surface area contributed by atoms with Crippen LogP contribution in [0.4, 0.5) is 0 Å². The summed E-state index contributed by atoms with van der Waals surface area (Å²) in [5.41, 5.74) is 5.34. The molecule has 0 spiro atoms. The van der Waals surface area contributed by atoms with E-state index in [0.717, 1.165) is 19.3 Å². The van der Waals surface area contributed by atoms with E-state index in [9.17, 15) is 8.42 Å². The fraction of sp³-hybridized carbons (Fsp3) is 1.00. The molecule has 4 nitrogen and oxygen atoms in total. The van der Waals surface area contributed by atoms with Crippen LogP contribution in [0.5, 0.6) is 0 Å². The molecule has 0 aromatic carbocycles. The Morgan fingerprint density at radius 3 is 2.00 bits per heavy atom. The first-order valence-corrected chi connectivity index (χ1v) is 7.37. The summed E-state index contributed by atoms with van der Waals surface area (Å²) in [6, 6.07) is 0. The molecular weight excluding hydrogens is 212 g/mol. The second kappa shape index (κ2) is 8.07. The monoisotopic (exact) mass is 236 g/mol. The quantitative estimate of drug-likeness (QED) is 0.611. The molecule has 92 valence electrons.